The molecule has 0 saturated carbocycles. The highest BCUT2D eigenvalue weighted by molar-refractivity contribution is 6.03. The minimum atomic E-state index is -0.337. The Morgan fingerprint density at radius 1 is 1.04 bits per heavy atom. The molecule has 0 radical (unpaired) electrons. The highest BCUT2D eigenvalue weighted by Gasteiger charge is 2.17. The van der Waals surface area contributed by atoms with Crippen molar-refractivity contribution in [3.63, 3.8) is 0 Å². The first-order valence-electron chi connectivity index (χ1n) is 8.74. The Morgan fingerprint density at radius 3 is 2.57 bits per heavy atom. The van der Waals surface area contributed by atoms with Crippen LogP contribution in [0.4, 0.5) is 10.1 Å². The average molecular weight is 372 g/mol. The molecular formula is C22H17FN4O. The molecule has 138 valence electrons. The smallest absolute Gasteiger partial charge is 0.276 e. The maximum atomic E-state index is 13.3. The monoisotopic (exact) mass is 372 g/mol. The Kier molecular flexibility index (Phi) is 4.68. The number of benzene rings is 2. The summed E-state index contributed by atoms with van der Waals surface area (Å²) in [6, 6.07) is 18.9. The summed E-state index contributed by atoms with van der Waals surface area (Å²) in [5, 5.41) is 7.32. The number of amides is 1. The Bertz CT molecular complexity index is 1120. The number of hydrogen-bond acceptors (Lipinski definition) is 3. The number of pyridine rings is 1. The predicted molar refractivity (Wildman–Crippen MR) is 106 cm³/mol. The number of aromatic nitrogens is 3. The first-order valence-corrected chi connectivity index (χ1v) is 8.74. The van der Waals surface area contributed by atoms with Gasteiger partial charge in [-0.1, -0.05) is 12.1 Å². The minimum absolute atomic E-state index is 0.254. The predicted octanol–water partition coefficient (Wildman–Crippen LogP) is 4.63. The van der Waals surface area contributed by atoms with Crippen LogP contribution in [0.1, 0.15) is 16.1 Å². The molecule has 0 fully saturated rings. The fourth-order valence-corrected chi connectivity index (χ4v) is 2.91. The highest BCUT2D eigenvalue weighted by Crippen LogP contribution is 2.24. The molecule has 0 saturated heterocycles. The molecule has 4 rings (SSSR count). The van der Waals surface area contributed by atoms with E-state index in [2.05, 4.69) is 15.4 Å². The van der Waals surface area contributed by atoms with Crippen LogP contribution in [0.2, 0.25) is 0 Å². The van der Waals surface area contributed by atoms with Crippen LogP contribution < -0.4 is 5.32 Å². The molecule has 2 heterocycles. The van der Waals surface area contributed by atoms with Crippen LogP contribution in [0.5, 0.6) is 0 Å². The van der Waals surface area contributed by atoms with Crippen LogP contribution in [0.15, 0.2) is 79.1 Å². The summed E-state index contributed by atoms with van der Waals surface area (Å²) in [6.07, 6.45) is 3.37. The number of anilines is 1. The number of aryl methyl sites for hydroxylation is 1. The lowest BCUT2D eigenvalue weighted by Gasteiger charge is -2.07. The van der Waals surface area contributed by atoms with E-state index in [0.717, 1.165) is 11.1 Å². The molecule has 1 N–H and O–H groups in total. The van der Waals surface area contributed by atoms with E-state index in [1.807, 2.05) is 43.3 Å². The molecule has 0 bridgehead atoms. The Morgan fingerprint density at radius 2 is 1.86 bits per heavy atom. The zero-order chi connectivity index (χ0) is 19.5. The number of carbonyl (C=O) groups excluding carboxylic acids is 1. The van der Waals surface area contributed by atoms with Crippen LogP contribution in [0, 0.1) is 12.7 Å². The third-order valence-corrected chi connectivity index (χ3v) is 4.25. The second kappa shape index (κ2) is 7.44. The maximum Gasteiger partial charge on any atom is 0.276 e. The van der Waals surface area contributed by atoms with Crippen molar-refractivity contribution in [1.29, 1.82) is 0 Å². The minimum Gasteiger partial charge on any atom is -0.321 e. The van der Waals surface area contributed by atoms with Gasteiger partial charge in [0.2, 0.25) is 0 Å². The van der Waals surface area contributed by atoms with E-state index in [-0.39, 0.29) is 17.4 Å². The average Bonchev–Trinajstić information content (AvgIpc) is 3.15. The van der Waals surface area contributed by atoms with E-state index >= 15 is 0 Å². The maximum absolute atomic E-state index is 13.3. The van der Waals surface area contributed by atoms with Crippen molar-refractivity contribution >= 4 is 11.6 Å². The standard InChI is InChI=1S/C22H17FN4O/c1-15-4-2-6-18(12-15)25-22(28)20-13-21(16-5-3-11-24-14-16)27(26-20)19-9-7-17(23)8-10-19/h2-14H,1H3,(H,25,28). The molecule has 28 heavy (non-hydrogen) atoms. The third kappa shape index (κ3) is 3.66. The highest BCUT2D eigenvalue weighted by atomic mass is 19.1. The van der Waals surface area contributed by atoms with Gasteiger partial charge in [0, 0.05) is 23.6 Å². The lowest BCUT2D eigenvalue weighted by Crippen LogP contribution is -2.13. The van der Waals surface area contributed by atoms with Crippen LogP contribution in [-0.4, -0.2) is 20.7 Å². The molecule has 0 aliphatic rings. The lowest BCUT2D eigenvalue weighted by atomic mass is 10.2. The van der Waals surface area contributed by atoms with E-state index in [9.17, 15) is 9.18 Å². The Hall–Kier alpha value is -3.80. The van der Waals surface area contributed by atoms with E-state index in [1.54, 1.807) is 35.3 Å². The van der Waals surface area contributed by atoms with Gasteiger partial charge < -0.3 is 5.32 Å². The number of carbonyl (C=O) groups is 1. The first-order chi connectivity index (χ1) is 13.6. The van der Waals surface area contributed by atoms with E-state index < -0.39 is 0 Å². The number of nitrogens with one attached hydrogen (secondary N) is 1. The summed E-state index contributed by atoms with van der Waals surface area (Å²) in [5.41, 5.74) is 4.14. The van der Waals surface area contributed by atoms with Crippen molar-refractivity contribution in [2.45, 2.75) is 6.92 Å². The van der Waals surface area contributed by atoms with Crippen LogP contribution in [-0.2, 0) is 0 Å². The third-order valence-electron chi connectivity index (χ3n) is 4.25. The van der Waals surface area contributed by atoms with Gasteiger partial charge >= 0.3 is 0 Å². The van der Waals surface area contributed by atoms with Crippen LogP contribution >= 0.6 is 0 Å². The van der Waals surface area contributed by atoms with Gasteiger partial charge in [0.25, 0.3) is 5.91 Å². The molecule has 4 aromatic rings. The second-order valence-corrected chi connectivity index (χ2v) is 6.37. The molecule has 1 amide bonds. The van der Waals surface area contributed by atoms with Crippen molar-refractivity contribution in [3.8, 4) is 16.9 Å². The fraction of sp³-hybridized carbons (Fsp3) is 0.0455. The van der Waals surface area contributed by atoms with Gasteiger partial charge in [-0.2, -0.15) is 5.10 Å². The second-order valence-electron chi connectivity index (χ2n) is 6.37. The topological polar surface area (TPSA) is 59.8 Å². The molecule has 0 atom stereocenters. The van der Waals surface area contributed by atoms with Crippen molar-refractivity contribution in [2.75, 3.05) is 5.32 Å². The van der Waals surface area contributed by atoms with Crippen molar-refractivity contribution in [1.82, 2.24) is 14.8 Å². The van der Waals surface area contributed by atoms with Crippen LogP contribution in [0.25, 0.3) is 16.9 Å². The molecule has 2 aromatic carbocycles. The number of hydrogen-bond donors (Lipinski definition) is 1. The number of halogens is 1. The first kappa shape index (κ1) is 17.6. The quantitative estimate of drug-likeness (QED) is 0.568. The van der Waals surface area contributed by atoms with Gasteiger partial charge in [0.1, 0.15) is 5.82 Å². The van der Waals surface area contributed by atoms with Gasteiger partial charge in [0.15, 0.2) is 5.69 Å². The van der Waals surface area contributed by atoms with Gasteiger partial charge in [0.05, 0.1) is 11.4 Å². The van der Waals surface area contributed by atoms with Crippen molar-refractivity contribution in [3.05, 3.63) is 96.2 Å². The van der Waals surface area contributed by atoms with Gasteiger partial charge in [-0.25, -0.2) is 9.07 Å². The fourth-order valence-electron chi connectivity index (χ4n) is 2.91. The summed E-state index contributed by atoms with van der Waals surface area (Å²) >= 11 is 0. The summed E-state index contributed by atoms with van der Waals surface area (Å²) in [6.45, 7) is 1.96. The number of rotatable bonds is 4. The van der Waals surface area contributed by atoms with Crippen LogP contribution in [0.3, 0.4) is 0 Å². The molecule has 5 nitrogen and oxygen atoms in total. The molecule has 0 aliphatic heterocycles. The van der Waals surface area contributed by atoms with Gasteiger partial charge in [-0.3, -0.25) is 9.78 Å². The molecule has 0 aliphatic carbocycles. The summed E-state index contributed by atoms with van der Waals surface area (Å²) < 4.78 is 14.9. The Labute approximate surface area is 161 Å². The van der Waals surface area contributed by atoms with Crippen molar-refractivity contribution < 1.29 is 9.18 Å². The summed E-state index contributed by atoms with van der Waals surface area (Å²) in [5.74, 6) is -0.659. The van der Waals surface area contributed by atoms with Crippen molar-refractivity contribution in [2.24, 2.45) is 0 Å². The Balaban J connectivity index is 1.74. The molecular weight excluding hydrogens is 355 g/mol. The van der Waals surface area contributed by atoms with Gasteiger partial charge in [-0.15, -0.1) is 0 Å². The molecule has 0 unspecified atom stereocenters. The summed E-state index contributed by atoms with van der Waals surface area (Å²) in [4.78, 5) is 16.9. The van der Waals surface area contributed by atoms with E-state index in [1.165, 1.54) is 12.1 Å². The SMILES string of the molecule is Cc1cccc(NC(=O)c2cc(-c3cccnc3)n(-c3ccc(F)cc3)n2)c1. The van der Waals surface area contributed by atoms with E-state index in [4.69, 9.17) is 0 Å². The molecule has 6 heteroatoms. The summed E-state index contributed by atoms with van der Waals surface area (Å²) in [7, 11) is 0. The molecule has 0 spiro atoms. The zero-order valence-electron chi connectivity index (χ0n) is 15.1. The normalized spacial score (nSPS) is 10.6. The van der Waals surface area contributed by atoms with Gasteiger partial charge in [-0.05, 0) is 67.1 Å². The molecule has 2 aromatic heterocycles. The largest absolute Gasteiger partial charge is 0.321 e. The lowest BCUT2D eigenvalue weighted by molar-refractivity contribution is 0.102. The zero-order valence-corrected chi connectivity index (χ0v) is 15.1. The van der Waals surface area contributed by atoms with E-state index in [0.29, 0.717) is 17.1 Å². The number of nitrogens with zero attached hydrogens (tertiary/aromatic N) is 3.